The Morgan fingerprint density at radius 3 is 2.14 bits per heavy atom. The Bertz CT molecular complexity index is 823. The molecule has 1 saturated heterocycles. The highest BCUT2D eigenvalue weighted by molar-refractivity contribution is 6.22. The monoisotopic (exact) mass is 402 g/mol. The highest BCUT2D eigenvalue weighted by atomic mass is 16.5. The predicted octanol–water partition coefficient (Wildman–Crippen LogP) is 0.626. The number of piperidine rings is 1. The van der Waals surface area contributed by atoms with Gasteiger partial charge in [0.1, 0.15) is 6.04 Å². The number of hydrogen-bond acceptors (Lipinski definition) is 7. The van der Waals surface area contributed by atoms with E-state index < -0.39 is 36.3 Å². The summed E-state index contributed by atoms with van der Waals surface area (Å²) in [6.07, 6.45) is 0.968. The fourth-order valence-electron chi connectivity index (χ4n) is 3.54. The second kappa shape index (κ2) is 8.42. The molecule has 0 radical (unpaired) electrons. The van der Waals surface area contributed by atoms with Crippen molar-refractivity contribution in [2.24, 2.45) is 5.92 Å². The fourth-order valence-corrected chi connectivity index (χ4v) is 3.54. The first-order valence-corrected chi connectivity index (χ1v) is 9.34. The summed E-state index contributed by atoms with van der Waals surface area (Å²) in [6.45, 7) is 1.62. The van der Waals surface area contributed by atoms with Gasteiger partial charge in [-0.25, -0.2) is 4.79 Å². The van der Waals surface area contributed by atoms with Crippen LogP contribution >= 0.6 is 0 Å². The molecule has 3 rings (SSSR count). The van der Waals surface area contributed by atoms with Gasteiger partial charge in [-0.1, -0.05) is 12.1 Å². The van der Waals surface area contributed by atoms with Gasteiger partial charge in [0.25, 0.3) is 17.7 Å². The van der Waals surface area contributed by atoms with Crippen molar-refractivity contribution in [3.05, 3.63) is 35.4 Å². The number of likely N-dealkylation sites (tertiary alicyclic amines) is 1. The van der Waals surface area contributed by atoms with Gasteiger partial charge in [0, 0.05) is 13.1 Å². The third-order valence-electron chi connectivity index (χ3n) is 5.27. The minimum absolute atomic E-state index is 0.236. The van der Waals surface area contributed by atoms with Crippen molar-refractivity contribution in [1.82, 2.24) is 9.80 Å². The van der Waals surface area contributed by atoms with Crippen molar-refractivity contribution in [3.63, 3.8) is 0 Å². The maximum absolute atomic E-state index is 12.4. The molecule has 1 aromatic rings. The molecular formula is C20H22N2O7. The third-order valence-corrected chi connectivity index (χ3v) is 5.27. The number of methoxy groups -OCH3 is 1. The number of fused-ring (bicyclic) bond motifs is 1. The number of benzene rings is 1. The maximum Gasteiger partial charge on any atom is 0.329 e. The molecule has 0 N–H and O–H groups in total. The molecule has 154 valence electrons. The van der Waals surface area contributed by atoms with E-state index in [1.165, 1.54) is 31.1 Å². The van der Waals surface area contributed by atoms with Gasteiger partial charge < -0.3 is 14.4 Å². The Morgan fingerprint density at radius 1 is 1.07 bits per heavy atom. The highest BCUT2D eigenvalue weighted by Gasteiger charge is 2.41. The van der Waals surface area contributed by atoms with Gasteiger partial charge in [0.2, 0.25) is 0 Å². The Morgan fingerprint density at radius 2 is 1.62 bits per heavy atom. The topological polar surface area (TPSA) is 110 Å². The number of carbonyl (C=O) groups excluding carboxylic acids is 5. The fraction of sp³-hybridized carbons (Fsp3) is 0.450. The number of ether oxygens (including phenoxy) is 2. The molecule has 1 fully saturated rings. The molecule has 3 amide bonds. The zero-order chi connectivity index (χ0) is 21.1. The summed E-state index contributed by atoms with van der Waals surface area (Å²) < 4.78 is 9.76. The lowest BCUT2D eigenvalue weighted by Gasteiger charge is -2.30. The van der Waals surface area contributed by atoms with E-state index in [0.29, 0.717) is 25.9 Å². The summed E-state index contributed by atoms with van der Waals surface area (Å²) in [7, 11) is 1.33. The maximum atomic E-state index is 12.4. The quantitative estimate of drug-likeness (QED) is 0.525. The first-order chi connectivity index (χ1) is 13.8. The van der Waals surface area contributed by atoms with Crippen LogP contribution in [0.25, 0.3) is 0 Å². The van der Waals surface area contributed by atoms with Gasteiger partial charge in [-0.3, -0.25) is 24.1 Å². The van der Waals surface area contributed by atoms with E-state index in [0.717, 1.165) is 4.90 Å². The number of carbonyl (C=O) groups is 5. The van der Waals surface area contributed by atoms with Crippen LogP contribution in [0.1, 0.15) is 40.5 Å². The minimum Gasteiger partial charge on any atom is -0.469 e. The largest absolute Gasteiger partial charge is 0.469 e. The van der Waals surface area contributed by atoms with Crippen molar-refractivity contribution in [3.8, 4) is 0 Å². The SMILES string of the molecule is COC(=O)C1CCN(C(=O)COC(=O)[C@@H](C)N2C(=O)c3ccccc3C2=O)CC1. The summed E-state index contributed by atoms with van der Waals surface area (Å²) >= 11 is 0. The van der Waals surface area contributed by atoms with Crippen LogP contribution in [0.2, 0.25) is 0 Å². The first kappa shape index (κ1) is 20.5. The molecule has 2 aliphatic heterocycles. The van der Waals surface area contributed by atoms with Crippen molar-refractivity contribution < 1.29 is 33.4 Å². The number of esters is 2. The molecule has 0 unspecified atom stereocenters. The Balaban J connectivity index is 1.52. The lowest BCUT2D eigenvalue weighted by Crippen LogP contribution is -2.46. The number of imide groups is 1. The van der Waals surface area contributed by atoms with Gasteiger partial charge in [0.15, 0.2) is 6.61 Å². The zero-order valence-corrected chi connectivity index (χ0v) is 16.3. The number of hydrogen-bond donors (Lipinski definition) is 0. The molecule has 0 spiro atoms. The highest BCUT2D eigenvalue weighted by Crippen LogP contribution is 2.25. The summed E-state index contributed by atoms with van der Waals surface area (Å²) in [5.74, 6) is -2.88. The van der Waals surface area contributed by atoms with Crippen molar-refractivity contribution in [2.45, 2.75) is 25.8 Å². The molecule has 29 heavy (non-hydrogen) atoms. The molecule has 0 aliphatic carbocycles. The van der Waals surface area contributed by atoms with Gasteiger partial charge in [-0.05, 0) is 31.9 Å². The van der Waals surface area contributed by atoms with E-state index in [1.54, 1.807) is 12.1 Å². The molecule has 9 heteroatoms. The average molecular weight is 402 g/mol. The van der Waals surface area contributed by atoms with E-state index in [-0.39, 0.29) is 23.0 Å². The predicted molar refractivity (Wildman–Crippen MR) is 98.7 cm³/mol. The van der Waals surface area contributed by atoms with E-state index in [9.17, 15) is 24.0 Å². The smallest absolute Gasteiger partial charge is 0.329 e. The van der Waals surface area contributed by atoms with Crippen LogP contribution in [-0.4, -0.2) is 72.3 Å². The summed E-state index contributed by atoms with van der Waals surface area (Å²) in [4.78, 5) is 63.4. The van der Waals surface area contributed by atoms with Gasteiger partial charge >= 0.3 is 11.9 Å². The van der Waals surface area contributed by atoms with Crippen LogP contribution in [0.5, 0.6) is 0 Å². The number of nitrogens with zero attached hydrogens (tertiary/aromatic N) is 2. The second-order valence-corrected chi connectivity index (χ2v) is 6.99. The molecular weight excluding hydrogens is 380 g/mol. The van der Waals surface area contributed by atoms with E-state index >= 15 is 0 Å². The van der Waals surface area contributed by atoms with Crippen LogP contribution in [-0.2, 0) is 23.9 Å². The minimum atomic E-state index is -1.15. The van der Waals surface area contributed by atoms with Gasteiger partial charge in [-0.15, -0.1) is 0 Å². The van der Waals surface area contributed by atoms with Gasteiger partial charge in [0.05, 0.1) is 24.2 Å². The Hall–Kier alpha value is -3.23. The first-order valence-electron chi connectivity index (χ1n) is 9.34. The molecule has 1 atom stereocenters. The lowest BCUT2D eigenvalue weighted by molar-refractivity contribution is -0.156. The van der Waals surface area contributed by atoms with Crippen LogP contribution in [0.3, 0.4) is 0 Å². The molecule has 0 saturated carbocycles. The molecule has 1 aromatic carbocycles. The van der Waals surface area contributed by atoms with Crippen molar-refractivity contribution in [1.29, 1.82) is 0 Å². The normalized spacial score (nSPS) is 17.7. The van der Waals surface area contributed by atoms with E-state index in [4.69, 9.17) is 9.47 Å². The van der Waals surface area contributed by atoms with E-state index in [1.807, 2.05) is 0 Å². The van der Waals surface area contributed by atoms with Crippen LogP contribution in [0.15, 0.2) is 24.3 Å². The number of rotatable bonds is 5. The van der Waals surface area contributed by atoms with E-state index in [2.05, 4.69) is 0 Å². The van der Waals surface area contributed by atoms with Crippen molar-refractivity contribution >= 4 is 29.7 Å². The summed E-state index contributed by atoms with van der Waals surface area (Å²) in [6, 6.07) is 5.17. The van der Waals surface area contributed by atoms with Crippen LogP contribution in [0, 0.1) is 5.92 Å². The second-order valence-electron chi connectivity index (χ2n) is 6.99. The zero-order valence-electron chi connectivity index (χ0n) is 16.3. The standard InChI is InChI=1S/C20H22N2O7/c1-12(22-17(24)14-5-3-4-6-15(14)18(22)25)19(26)29-11-16(23)21-9-7-13(8-10-21)20(27)28-2/h3-6,12-13H,7-11H2,1-2H3/t12-/m1/s1. The molecule has 0 bridgehead atoms. The summed E-state index contributed by atoms with van der Waals surface area (Å²) in [5, 5.41) is 0. The summed E-state index contributed by atoms with van der Waals surface area (Å²) in [5.41, 5.74) is 0.475. The van der Waals surface area contributed by atoms with Crippen molar-refractivity contribution in [2.75, 3.05) is 26.8 Å². The molecule has 9 nitrogen and oxygen atoms in total. The van der Waals surface area contributed by atoms with Crippen LogP contribution < -0.4 is 0 Å². The third kappa shape index (κ3) is 3.98. The Kier molecular flexibility index (Phi) is 5.95. The molecule has 2 heterocycles. The number of amides is 3. The average Bonchev–Trinajstić information content (AvgIpc) is 3.01. The van der Waals surface area contributed by atoms with Crippen LogP contribution in [0.4, 0.5) is 0 Å². The lowest BCUT2D eigenvalue weighted by atomic mass is 9.97. The Labute approximate surface area is 167 Å². The molecule has 0 aromatic heterocycles. The molecule has 2 aliphatic rings. The van der Waals surface area contributed by atoms with Gasteiger partial charge in [-0.2, -0.15) is 0 Å².